The van der Waals surface area contributed by atoms with Crippen LogP contribution in [0.2, 0.25) is 0 Å². The number of hydrogen-bond acceptors (Lipinski definition) is 1. The monoisotopic (exact) mass is 400 g/mol. The number of aryl methyl sites for hydroxylation is 1. The van der Waals surface area contributed by atoms with E-state index in [1.807, 2.05) is 25.1 Å². The third-order valence-electron chi connectivity index (χ3n) is 6.05. The third-order valence-corrected chi connectivity index (χ3v) is 6.05. The summed E-state index contributed by atoms with van der Waals surface area (Å²) >= 11 is 0. The fraction of sp³-hybridized carbons (Fsp3) is 0.538. The second kappa shape index (κ2) is 10.8. The SMILES string of the molecule is CCCCCCCCCCc1ccc2c(c1F)CCc1c-2ccc(OCC)c1F. The van der Waals surface area contributed by atoms with E-state index < -0.39 is 0 Å². The van der Waals surface area contributed by atoms with E-state index in [9.17, 15) is 4.39 Å². The van der Waals surface area contributed by atoms with E-state index in [1.54, 1.807) is 6.07 Å². The number of rotatable bonds is 11. The number of ether oxygens (including phenoxy) is 1. The molecular weight excluding hydrogens is 366 g/mol. The molecular formula is C26H34F2O. The number of halogens is 2. The Kier molecular flexibility index (Phi) is 8.09. The summed E-state index contributed by atoms with van der Waals surface area (Å²) in [5.74, 6) is -0.0784. The first-order valence-corrected chi connectivity index (χ1v) is 11.4. The molecule has 0 heterocycles. The fourth-order valence-electron chi connectivity index (χ4n) is 4.42. The molecule has 0 amide bonds. The quantitative estimate of drug-likeness (QED) is 0.349. The maximum Gasteiger partial charge on any atom is 0.168 e. The van der Waals surface area contributed by atoms with Gasteiger partial charge in [-0.3, -0.25) is 0 Å². The normalized spacial score (nSPS) is 12.6. The van der Waals surface area contributed by atoms with Crippen molar-refractivity contribution in [3.05, 3.63) is 52.6 Å². The van der Waals surface area contributed by atoms with E-state index in [4.69, 9.17) is 4.74 Å². The van der Waals surface area contributed by atoms with Gasteiger partial charge in [0.25, 0.3) is 0 Å². The molecule has 1 aliphatic carbocycles. The smallest absolute Gasteiger partial charge is 0.168 e. The molecule has 0 aliphatic heterocycles. The molecule has 0 saturated carbocycles. The van der Waals surface area contributed by atoms with Crippen LogP contribution in [0.15, 0.2) is 24.3 Å². The molecule has 0 saturated heterocycles. The molecule has 0 atom stereocenters. The van der Waals surface area contributed by atoms with Crippen molar-refractivity contribution in [1.29, 1.82) is 0 Å². The van der Waals surface area contributed by atoms with Gasteiger partial charge in [-0.1, -0.05) is 70.1 Å². The lowest BCUT2D eigenvalue weighted by Gasteiger charge is -2.23. The molecule has 29 heavy (non-hydrogen) atoms. The molecule has 2 aromatic rings. The van der Waals surface area contributed by atoms with Gasteiger partial charge in [0, 0.05) is 0 Å². The molecule has 0 fully saturated rings. The van der Waals surface area contributed by atoms with Crippen LogP contribution in [0.3, 0.4) is 0 Å². The second-order valence-corrected chi connectivity index (χ2v) is 8.13. The van der Waals surface area contributed by atoms with Crippen LogP contribution in [-0.2, 0) is 19.3 Å². The Bertz CT molecular complexity index is 813. The van der Waals surface area contributed by atoms with E-state index in [0.29, 0.717) is 30.8 Å². The molecule has 0 unspecified atom stereocenters. The summed E-state index contributed by atoms with van der Waals surface area (Å²) in [6.07, 6.45) is 11.9. The maximum absolute atomic E-state index is 15.1. The molecule has 0 bridgehead atoms. The Hall–Kier alpha value is -1.90. The van der Waals surface area contributed by atoms with Gasteiger partial charge < -0.3 is 4.74 Å². The second-order valence-electron chi connectivity index (χ2n) is 8.13. The summed E-state index contributed by atoms with van der Waals surface area (Å²) in [5, 5.41) is 0. The number of benzene rings is 2. The first-order chi connectivity index (χ1) is 14.2. The third kappa shape index (κ3) is 5.18. The van der Waals surface area contributed by atoms with Crippen molar-refractivity contribution in [1.82, 2.24) is 0 Å². The minimum atomic E-state index is -0.293. The van der Waals surface area contributed by atoms with E-state index in [-0.39, 0.29) is 11.6 Å². The van der Waals surface area contributed by atoms with Gasteiger partial charge in [0.15, 0.2) is 11.6 Å². The van der Waals surface area contributed by atoms with E-state index in [1.165, 1.54) is 38.5 Å². The molecule has 2 aromatic carbocycles. The number of unbranched alkanes of at least 4 members (excludes halogenated alkanes) is 7. The summed E-state index contributed by atoms with van der Waals surface area (Å²) in [6.45, 7) is 4.51. The Morgan fingerprint density at radius 3 is 1.97 bits per heavy atom. The van der Waals surface area contributed by atoms with Gasteiger partial charge in [0.1, 0.15) is 5.82 Å². The highest BCUT2D eigenvalue weighted by molar-refractivity contribution is 5.74. The van der Waals surface area contributed by atoms with E-state index in [0.717, 1.165) is 41.5 Å². The molecule has 0 spiro atoms. The van der Waals surface area contributed by atoms with Crippen LogP contribution < -0.4 is 4.74 Å². The highest BCUT2D eigenvalue weighted by atomic mass is 19.1. The molecule has 3 heteroatoms. The van der Waals surface area contributed by atoms with Crippen LogP contribution in [0.1, 0.15) is 81.9 Å². The lowest BCUT2D eigenvalue weighted by Crippen LogP contribution is -2.11. The molecule has 1 nitrogen and oxygen atoms in total. The average molecular weight is 401 g/mol. The largest absolute Gasteiger partial charge is 0.491 e. The van der Waals surface area contributed by atoms with Crippen molar-refractivity contribution in [3.63, 3.8) is 0 Å². The minimum absolute atomic E-state index is 0.0783. The minimum Gasteiger partial charge on any atom is -0.491 e. The van der Waals surface area contributed by atoms with Crippen LogP contribution in [0.4, 0.5) is 8.78 Å². The first-order valence-electron chi connectivity index (χ1n) is 11.4. The van der Waals surface area contributed by atoms with E-state index in [2.05, 4.69) is 6.92 Å². The van der Waals surface area contributed by atoms with Crippen LogP contribution in [-0.4, -0.2) is 6.61 Å². The maximum atomic E-state index is 15.1. The molecule has 0 aromatic heterocycles. The lowest BCUT2D eigenvalue weighted by molar-refractivity contribution is 0.320. The Morgan fingerprint density at radius 2 is 1.31 bits per heavy atom. The Labute approximate surface area is 174 Å². The summed E-state index contributed by atoms with van der Waals surface area (Å²) < 4.78 is 35.3. The predicted molar refractivity (Wildman–Crippen MR) is 117 cm³/mol. The fourth-order valence-corrected chi connectivity index (χ4v) is 4.42. The molecule has 0 N–H and O–H groups in total. The van der Waals surface area contributed by atoms with Gasteiger partial charge >= 0.3 is 0 Å². The van der Waals surface area contributed by atoms with Gasteiger partial charge in [0.05, 0.1) is 6.61 Å². The summed E-state index contributed by atoms with van der Waals surface area (Å²) in [6, 6.07) is 7.42. The van der Waals surface area contributed by atoms with Crippen molar-refractivity contribution in [2.75, 3.05) is 6.61 Å². The van der Waals surface area contributed by atoms with Gasteiger partial charge in [-0.15, -0.1) is 0 Å². The highest BCUT2D eigenvalue weighted by Crippen LogP contribution is 2.39. The van der Waals surface area contributed by atoms with Crippen LogP contribution in [0, 0.1) is 11.6 Å². The zero-order valence-electron chi connectivity index (χ0n) is 18.0. The van der Waals surface area contributed by atoms with Crippen molar-refractivity contribution in [2.24, 2.45) is 0 Å². The standard InChI is InChI=1S/C26H34F2O/c1-3-5-6-7-8-9-10-11-12-19-13-14-20-21-17-18-24(29-4-2)26(28)23(21)16-15-22(20)25(19)27/h13-14,17-18H,3-12,15-16H2,1-2H3. The summed E-state index contributed by atoms with van der Waals surface area (Å²) in [5.41, 5.74) is 3.86. The van der Waals surface area contributed by atoms with Crippen LogP contribution in [0.5, 0.6) is 5.75 Å². The zero-order chi connectivity index (χ0) is 20.6. The summed E-state index contributed by atoms with van der Waals surface area (Å²) in [7, 11) is 0. The lowest BCUT2D eigenvalue weighted by atomic mass is 9.83. The predicted octanol–water partition coefficient (Wildman–Crippen LogP) is 7.81. The molecule has 158 valence electrons. The Balaban J connectivity index is 1.64. The van der Waals surface area contributed by atoms with Crippen molar-refractivity contribution in [3.8, 4) is 16.9 Å². The van der Waals surface area contributed by atoms with Crippen LogP contribution >= 0.6 is 0 Å². The summed E-state index contributed by atoms with van der Waals surface area (Å²) in [4.78, 5) is 0. The van der Waals surface area contributed by atoms with Crippen LogP contribution in [0.25, 0.3) is 11.1 Å². The zero-order valence-corrected chi connectivity index (χ0v) is 18.0. The van der Waals surface area contributed by atoms with Crippen molar-refractivity contribution in [2.45, 2.75) is 84.5 Å². The average Bonchev–Trinajstić information content (AvgIpc) is 2.73. The number of fused-ring (bicyclic) bond motifs is 3. The van der Waals surface area contributed by atoms with Gasteiger partial charge in [0.2, 0.25) is 0 Å². The topological polar surface area (TPSA) is 9.23 Å². The first kappa shape index (κ1) is 21.8. The molecule has 3 rings (SSSR count). The van der Waals surface area contributed by atoms with Gasteiger partial charge in [-0.05, 0) is 66.5 Å². The van der Waals surface area contributed by atoms with Gasteiger partial charge in [-0.2, -0.15) is 0 Å². The van der Waals surface area contributed by atoms with E-state index >= 15 is 4.39 Å². The highest BCUT2D eigenvalue weighted by Gasteiger charge is 2.24. The van der Waals surface area contributed by atoms with Crippen molar-refractivity contribution >= 4 is 0 Å². The molecule has 1 aliphatic rings. The Morgan fingerprint density at radius 1 is 0.724 bits per heavy atom. The number of hydrogen-bond donors (Lipinski definition) is 0. The van der Waals surface area contributed by atoms with Gasteiger partial charge in [-0.25, -0.2) is 8.78 Å². The van der Waals surface area contributed by atoms with Crippen molar-refractivity contribution < 1.29 is 13.5 Å². The molecule has 0 radical (unpaired) electrons.